The predicted octanol–water partition coefficient (Wildman–Crippen LogP) is 4.27. The van der Waals surface area contributed by atoms with Gasteiger partial charge < -0.3 is 5.32 Å². The molecular formula is C15H24ClN3. The molecule has 0 saturated heterocycles. The minimum absolute atomic E-state index is 0.0874. The highest BCUT2D eigenvalue weighted by atomic mass is 35.5. The Labute approximate surface area is 121 Å². The van der Waals surface area contributed by atoms with E-state index in [0.29, 0.717) is 17.1 Å². The quantitative estimate of drug-likeness (QED) is 0.823. The van der Waals surface area contributed by atoms with Gasteiger partial charge in [0.15, 0.2) is 0 Å². The van der Waals surface area contributed by atoms with Crippen molar-refractivity contribution in [2.45, 2.75) is 58.9 Å². The predicted molar refractivity (Wildman–Crippen MR) is 80.7 cm³/mol. The van der Waals surface area contributed by atoms with Crippen LogP contribution in [-0.4, -0.2) is 16.0 Å². The van der Waals surface area contributed by atoms with Crippen LogP contribution in [0.5, 0.6) is 0 Å². The van der Waals surface area contributed by atoms with Crippen LogP contribution in [0.25, 0.3) is 0 Å². The zero-order chi connectivity index (χ0) is 14.2. The third-order valence-corrected chi connectivity index (χ3v) is 4.36. The van der Waals surface area contributed by atoms with Gasteiger partial charge in [-0.1, -0.05) is 46.2 Å². The summed E-state index contributed by atoms with van der Waals surface area (Å²) >= 11 is 6.12. The summed E-state index contributed by atoms with van der Waals surface area (Å²) in [4.78, 5) is 8.95. The summed E-state index contributed by atoms with van der Waals surface area (Å²) in [5, 5.41) is 4.05. The van der Waals surface area contributed by atoms with Crippen LogP contribution < -0.4 is 5.32 Å². The van der Waals surface area contributed by atoms with Crippen LogP contribution in [0.2, 0.25) is 5.15 Å². The Morgan fingerprint density at radius 3 is 2.42 bits per heavy atom. The van der Waals surface area contributed by atoms with Crippen LogP contribution in [-0.2, 0) is 5.41 Å². The third kappa shape index (κ3) is 3.38. The van der Waals surface area contributed by atoms with Crippen molar-refractivity contribution in [1.82, 2.24) is 9.97 Å². The number of rotatable bonds is 2. The highest BCUT2D eigenvalue weighted by Crippen LogP contribution is 2.33. The van der Waals surface area contributed by atoms with Crippen molar-refractivity contribution in [3.8, 4) is 0 Å². The lowest BCUT2D eigenvalue weighted by molar-refractivity contribution is 0.434. The van der Waals surface area contributed by atoms with E-state index in [4.69, 9.17) is 11.6 Å². The molecule has 106 valence electrons. The van der Waals surface area contributed by atoms with Crippen molar-refractivity contribution >= 4 is 17.4 Å². The van der Waals surface area contributed by atoms with Crippen molar-refractivity contribution in [2.24, 2.45) is 11.8 Å². The first-order chi connectivity index (χ1) is 8.77. The molecule has 4 heteroatoms. The molecule has 0 radical (unpaired) electrons. The fourth-order valence-electron chi connectivity index (χ4n) is 2.59. The van der Waals surface area contributed by atoms with E-state index in [2.05, 4.69) is 49.9 Å². The van der Waals surface area contributed by atoms with Gasteiger partial charge in [-0.25, -0.2) is 9.97 Å². The van der Waals surface area contributed by atoms with Crippen molar-refractivity contribution in [3.05, 3.63) is 17.0 Å². The number of anilines is 1. The lowest BCUT2D eigenvalue weighted by Gasteiger charge is -2.22. The van der Waals surface area contributed by atoms with Crippen LogP contribution >= 0.6 is 11.6 Å². The summed E-state index contributed by atoms with van der Waals surface area (Å²) in [6, 6.07) is 2.32. The van der Waals surface area contributed by atoms with Crippen LogP contribution in [0.4, 0.5) is 5.82 Å². The Morgan fingerprint density at radius 2 is 1.89 bits per heavy atom. The van der Waals surface area contributed by atoms with Gasteiger partial charge in [-0.05, 0) is 24.7 Å². The first-order valence-electron chi connectivity index (χ1n) is 7.09. The molecule has 1 aliphatic rings. The molecule has 2 rings (SSSR count). The SMILES string of the molecule is CC1CCC(Nc2cc(Cl)nc(C(C)(C)C)n2)C1C. The zero-order valence-corrected chi connectivity index (χ0v) is 13.3. The molecule has 0 amide bonds. The molecule has 19 heavy (non-hydrogen) atoms. The van der Waals surface area contributed by atoms with Gasteiger partial charge in [0.25, 0.3) is 0 Å². The van der Waals surface area contributed by atoms with Crippen LogP contribution in [0.15, 0.2) is 6.07 Å². The maximum Gasteiger partial charge on any atom is 0.137 e. The van der Waals surface area contributed by atoms with E-state index < -0.39 is 0 Å². The third-order valence-electron chi connectivity index (χ3n) is 4.16. The number of nitrogens with zero attached hydrogens (tertiary/aromatic N) is 2. The summed E-state index contributed by atoms with van der Waals surface area (Å²) in [6.07, 6.45) is 2.48. The molecule has 1 aromatic rings. The summed E-state index contributed by atoms with van der Waals surface area (Å²) in [5.74, 6) is 3.10. The minimum atomic E-state index is -0.0874. The summed E-state index contributed by atoms with van der Waals surface area (Å²) < 4.78 is 0. The van der Waals surface area contributed by atoms with E-state index in [1.807, 2.05) is 6.07 Å². The number of halogens is 1. The molecule has 3 nitrogen and oxygen atoms in total. The maximum absolute atomic E-state index is 6.12. The molecule has 1 saturated carbocycles. The van der Waals surface area contributed by atoms with E-state index in [-0.39, 0.29) is 5.41 Å². The fraction of sp³-hybridized carbons (Fsp3) is 0.733. The molecule has 0 bridgehead atoms. The fourth-order valence-corrected chi connectivity index (χ4v) is 2.77. The van der Waals surface area contributed by atoms with E-state index >= 15 is 0 Å². The Balaban J connectivity index is 2.19. The van der Waals surface area contributed by atoms with Crippen molar-refractivity contribution in [3.63, 3.8) is 0 Å². The highest BCUT2D eigenvalue weighted by molar-refractivity contribution is 6.29. The molecule has 1 N–H and O–H groups in total. The highest BCUT2D eigenvalue weighted by Gasteiger charge is 2.30. The zero-order valence-electron chi connectivity index (χ0n) is 12.5. The maximum atomic E-state index is 6.12. The lowest BCUT2D eigenvalue weighted by Crippen LogP contribution is -2.25. The van der Waals surface area contributed by atoms with Gasteiger partial charge in [0.2, 0.25) is 0 Å². The van der Waals surface area contributed by atoms with Gasteiger partial charge in [0, 0.05) is 17.5 Å². The van der Waals surface area contributed by atoms with Gasteiger partial charge >= 0.3 is 0 Å². The molecule has 1 aromatic heterocycles. The molecule has 0 spiro atoms. The van der Waals surface area contributed by atoms with Crippen LogP contribution in [0.1, 0.15) is 53.3 Å². The Hall–Kier alpha value is -0.830. The first-order valence-corrected chi connectivity index (χ1v) is 7.47. The van der Waals surface area contributed by atoms with E-state index in [1.165, 1.54) is 12.8 Å². The number of aromatic nitrogens is 2. The van der Waals surface area contributed by atoms with Gasteiger partial charge in [0.05, 0.1) is 0 Å². The largest absolute Gasteiger partial charge is 0.367 e. The number of hydrogen-bond acceptors (Lipinski definition) is 3. The van der Waals surface area contributed by atoms with E-state index in [0.717, 1.165) is 17.6 Å². The van der Waals surface area contributed by atoms with Crippen molar-refractivity contribution < 1.29 is 0 Å². The Morgan fingerprint density at radius 1 is 1.21 bits per heavy atom. The normalized spacial score (nSPS) is 27.6. The number of hydrogen-bond donors (Lipinski definition) is 1. The van der Waals surface area contributed by atoms with Crippen molar-refractivity contribution in [2.75, 3.05) is 5.32 Å². The van der Waals surface area contributed by atoms with Crippen LogP contribution in [0.3, 0.4) is 0 Å². The number of nitrogens with one attached hydrogen (secondary N) is 1. The van der Waals surface area contributed by atoms with E-state index in [9.17, 15) is 0 Å². The lowest BCUT2D eigenvalue weighted by atomic mass is 9.95. The average molecular weight is 282 g/mol. The molecule has 1 aliphatic carbocycles. The molecule has 0 aliphatic heterocycles. The topological polar surface area (TPSA) is 37.8 Å². The van der Waals surface area contributed by atoms with Gasteiger partial charge in [-0.3, -0.25) is 0 Å². The first kappa shape index (κ1) is 14.6. The Bertz CT molecular complexity index is 453. The second kappa shape index (κ2) is 5.28. The van der Waals surface area contributed by atoms with Crippen LogP contribution in [0, 0.1) is 11.8 Å². The van der Waals surface area contributed by atoms with Gasteiger partial charge in [-0.15, -0.1) is 0 Å². The summed E-state index contributed by atoms with van der Waals surface area (Å²) in [7, 11) is 0. The van der Waals surface area contributed by atoms with Gasteiger partial charge in [-0.2, -0.15) is 0 Å². The monoisotopic (exact) mass is 281 g/mol. The van der Waals surface area contributed by atoms with Crippen molar-refractivity contribution in [1.29, 1.82) is 0 Å². The smallest absolute Gasteiger partial charge is 0.137 e. The van der Waals surface area contributed by atoms with Gasteiger partial charge in [0.1, 0.15) is 16.8 Å². The minimum Gasteiger partial charge on any atom is -0.367 e. The summed E-state index contributed by atoms with van der Waals surface area (Å²) in [6.45, 7) is 10.9. The second-order valence-corrected chi connectivity index (χ2v) is 7.20. The molecule has 0 aromatic carbocycles. The molecule has 1 heterocycles. The Kier molecular flexibility index (Phi) is 4.05. The molecule has 3 atom stereocenters. The molecule has 1 fully saturated rings. The van der Waals surface area contributed by atoms with E-state index in [1.54, 1.807) is 0 Å². The standard InChI is InChI=1S/C15H24ClN3/c1-9-6-7-11(10(9)2)17-13-8-12(16)18-14(19-13)15(3,4)5/h8-11H,6-7H2,1-5H3,(H,17,18,19). The average Bonchev–Trinajstić information content (AvgIpc) is 2.59. The molecule has 3 unspecified atom stereocenters. The molecular weight excluding hydrogens is 258 g/mol. The summed E-state index contributed by atoms with van der Waals surface area (Å²) in [5.41, 5.74) is -0.0874. The second-order valence-electron chi connectivity index (χ2n) is 6.81.